The van der Waals surface area contributed by atoms with Gasteiger partial charge in [-0.3, -0.25) is 0 Å². The lowest BCUT2D eigenvalue weighted by Crippen LogP contribution is -2.29. The standard InChI is InChI=1S/C27H27NO2/c1-2-6-19-15-20(11-10-18(19)5-1)27-24-9-3-8-23(24)25-16-21(12-13-26(25)28-27)30-17-22-7-4-14-29-22/h1-3,5-6,8,10-13,15-16,22-24,27-28H,4,7,9,14,17H2. The van der Waals surface area contributed by atoms with Gasteiger partial charge in [0.15, 0.2) is 0 Å². The van der Waals surface area contributed by atoms with Crippen molar-refractivity contribution in [2.75, 3.05) is 18.5 Å². The van der Waals surface area contributed by atoms with Gasteiger partial charge in [0, 0.05) is 18.2 Å². The second kappa shape index (κ2) is 7.48. The third-order valence-electron chi connectivity index (χ3n) is 6.93. The summed E-state index contributed by atoms with van der Waals surface area (Å²) in [6.45, 7) is 1.52. The molecule has 4 atom stereocenters. The summed E-state index contributed by atoms with van der Waals surface area (Å²) in [4.78, 5) is 0. The van der Waals surface area contributed by atoms with Crippen LogP contribution < -0.4 is 10.1 Å². The maximum absolute atomic E-state index is 6.09. The average Bonchev–Trinajstić information content (AvgIpc) is 3.49. The maximum atomic E-state index is 6.09. The van der Waals surface area contributed by atoms with Crippen LogP contribution in [0.3, 0.4) is 0 Å². The van der Waals surface area contributed by atoms with E-state index in [1.807, 2.05) is 0 Å². The topological polar surface area (TPSA) is 30.5 Å². The molecule has 3 heteroatoms. The first-order valence-corrected chi connectivity index (χ1v) is 11.2. The molecule has 3 aromatic carbocycles. The fourth-order valence-electron chi connectivity index (χ4n) is 5.36. The molecule has 1 fully saturated rings. The molecule has 2 heterocycles. The van der Waals surface area contributed by atoms with Crippen molar-refractivity contribution < 1.29 is 9.47 Å². The Hall–Kier alpha value is -2.78. The van der Waals surface area contributed by atoms with Gasteiger partial charge in [-0.2, -0.15) is 0 Å². The smallest absolute Gasteiger partial charge is 0.119 e. The molecule has 0 bridgehead atoms. The molecule has 1 aliphatic carbocycles. The first-order chi connectivity index (χ1) is 14.8. The van der Waals surface area contributed by atoms with Gasteiger partial charge >= 0.3 is 0 Å². The Morgan fingerprint density at radius 3 is 2.83 bits per heavy atom. The number of hydrogen-bond acceptors (Lipinski definition) is 3. The highest BCUT2D eigenvalue weighted by Crippen LogP contribution is 2.50. The van der Waals surface area contributed by atoms with Crippen molar-refractivity contribution in [1.82, 2.24) is 0 Å². The molecule has 1 saturated heterocycles. The number of benzene rings is 3. The molecule has 0 aromatic heterocycles. The fourth-order valence-corrected chi connectivity index (χ4v) is 5.36. The van der Waals surface area contributed by atoms with Gasteiger partial charge in [0.05, 0.1) is 12.1 Å². The Balaban J connectivity index is 1.29. The Labute approximate surface area is 177 Å². The molecular weight excluding hydrogens is 370 g/mol. The van der Waals surface area contributed by atoms with E-state index in [1.165, 1.54) is 27.6 Å². The van der Waals surface area contributed by atoms with E-state index in [4.69, 9.17) is 9.47 Å². The normalized spacial score (nSPS) is 26.9. The summed E-state index contributed by atoms with van der Waals surface area (Å²) in [6.07, 6.45) is 8.34. The van der Waals surface area contributed by atoms with Gasteiger partial charge < -0.3 is 14.8 Å². The third-order valence-corrected chi connectivity index (χ3v) is 6.93. The molecule has 0 spiro atoms. The van der Waals surface area contributed by atoms with E-state index >= 15 is 0 Å². The minimum Gasteiger partial charge on any atom is -0.491 e. The van der Waals surface area contributed by atoms with Crippen molar-refractivity contribution in [2.24, 2.45) is 5.92 Å². The first-order valence-electron chi connectivity index (χ1n) is 11.2. The van der Waals surface area contributed by atoms with Crippen LogP contribution in [-0.2, 0) is 4.74 Å². The largest absolute Gasteiger partial charge is 0.491 e. The third kappa shape index (κ3) is 3.18. The molecule has 0 saturated carbocycles. The molecule has 30 heavy (non-hydrogen) atoms. The number of anilines is 1. The summed E-state index contributed by atoms with van der Waals surface area (Å²) in [5.41, 5.74) is 3.96. The SMILES string of the molecule is C1=CC2c3cc(OCC4CCCO4)ccc3NC(c3ccc4ccccc4c3)C2C1. The summed E-state index contributed by atoms with van der Waals surface area (Å²) in [6, 6.07) is 22.3. The lowest BCUT2D eigenvalue weighted by Gasteiger charge is -2.37. The van der Waals surface area contributed by atoms with Crippen LogP contribution in [0.4, 0.5) is 5.69 Å². The Morgan fingerprint density at radius 2 is 1.93 bits per heavy atom. The molecule has 6 rings (SSSR count). The van der Waals surface area contributed by atoms with E-state index in [2.05, 4.69) is 78.1 Å². The summed E-state index contributed by atoms with van der Waals surface area (Å²) in [7, 11) is 0. The molecule has 3 nitrogen and oxygen atoms in total. The van der Waals surface area contributed by atoms with Crippen LogP contribution in [0.25, 0.3) is 10.8 Å². The van der Waals surface area contributed by atoms with Gasteiger partial charge in [0.1, 0.15) is 12.4 Å². The number of rotatable bonds is 4. The van der Waals surface area contributed by atoms with Crippen molar-refractivity contribution >= 4 is 16.5 Å². The van der Waals surface area contributed by atoms with Crippen LogP contribution in [0.15, 0.2) is 72.8 Å². The predicted molar refractivity (Wildman–Crippen MR) is 121 cm³/mol. The summed E-state index contributed by atoms with van der Waals surface area (Å²) in [5, 5.41) is 6.46. The van der Waals surface area contributed by atoms with E-state index in [0.717, 1.165) is 31.6 Å². The van der Waals surface area contributed by atoms with E-state index in [0.29, 0.717) is 24.5 Å². The molecule has 152 valence electrons. The zero-order valence-corrected chi connectivity index (χ0v) is 17.1. The van der Waals surface area contributed by atoms with Crippen molar-refractivity contribution in [1.29, 1.82) is 0 Å². The van der Waals surface area contributed by atoms with Crippen LogP contribution in [0, 0.1) is 5.92 Å². The van der Waals surface area contributed by atoms with Crippen LogP contribution in [0.5, 0.6) is 5.75 Å². The summed E-state index contributed by atoms with van der Waals surface area (Å²) >= 11 is 0. The van der Waals surface area contributed by atoms with Crippen LogP contribution in [0.2, 0.25) is 0 Å². The Morgan fingerprint density at radius 1 is 1.00 bits per heavy atom. The molecular formula is C27H27NO2. The van der Waals surface area contributed by atoms with E-state index in [1.54, 1.807) is 0 Å². The molecule has 4 unspecified atom stereocenters. The average molecular weight is 398 g/mol. The second-order valence-electron chi connectivity index (χ2n) is 8.78. The van der Waals surface area contributed by atoms with Crippen molar-refractivity contribution in [3.05, 3.63) is 83.9 Å². The van der Waals surface area contributed by atoms with Gasteiger partial charge in [0.2, 0.25) is 0 Å². The first kappa shape index (κ1) is 18.0. The van der Waals surface area contributed by atoms with Gasteiger partial charge in [-0.15, -0.1) is 0 Å². The summed E-state index contributed by atoms with van der Waals surface area (Å²) in [5.74, 6) is 1.92. The van der Waals surface area contributed by atoms with Crippen molar-refractivity contribution in [3.63, 3.8) is 0 Å². The zero-order chi connectivity index (χ0) is 19.9. The number of allylic oxidation sites excluding steroid dienone is 2. The monoisotopic (exact) mass is 397 g/mol. The minimum atomic E-state index is 0.246. The number of nitrogens with one attached hydrogen (secondary N) is 1. The number of hydrogen-bond donors (Lipinski definition) is 1. The van der Waals surface area contributed by atoms with Crippen molar-refractivity contribution in [3.8, 4) is 5.75 Å². The highest BCUT2D eigenvalue weighted by molar-refractivity contribution is 5.83. The van der Waals surface area contributed by atoms with Crippen LogP contribution >= 0.6 is 0 Å². The molecule has 3 aliphatic rings. The predicted octanol–water partition coefficient (Wildman–Crippen LogP) is 6.22. The maximum Gasteiger partial charge on any atom is 0.119 e. The molecule has 2 aliphatic heterocycles. The lowest BCUT2D eigenvalue weighted by molar-refractivity contribution is 0.0679. The van der Waals surface area contributed by atoms with Crippen LogP contribution in [-0.4, -0.2) is 19.3 Å². The van der Waals surface area contributed by atoms with E-state index in [9.17, 15) is 0 Å². The fraction of sp³-hybridized carbons (Fsp3) is 0.333. The highest BCUT2D eigenvalue weighted by atomic mass is 16.5. The molecule has 1 N–H and O–H groups in total. The number of fused-ring (bicyclic) bond motifs is 4. The lowest BCUT2D eigenvalue weighted by atomic mass is 9.77. The van der Waals surface area contributed by atoms with Gasteiger partial charge in [0.25, 0.3) is 0 Å². The second-order valence-corrected chi connectivity index (χ2v) is 8.78. The number of ether oxygens (including phenoxy) is 2. The van der Waals surface area contributed by atoms with E-state index in [-0.39, 0.29) is 6.10 Å². The minimum absolute atomic E-state index is 0.246. The van der Waals surface area contributed by atoms with Gasteiger partial charge in [-0.05, 0) is 71.3 Å². The van der Waals surface area contributed by atoms with Crippen LogP contribution in [0.1, 0.15) is 42.3 Å². The Bertz CT molecular complexity index is 1100. The van der Waals surface area contributed by atoms with Gasteiger partial charge in [-0.25, -0.2) is 0 Å². The van der Waals surface area contributed by atoms with Crippen molar-refractivity contribution in [2.45, 2.75) is 37.3 Å². The van der Waals surface area contributed by atoms with Gasteiger partial charge in [-0.1, -0.05) is 48.6 Å². The molecule has 3 aromatic rings. The zero-order valence-electron chi connectivity index (χ0n) is 17.1. The Kier molecular flexibility index (Phi) is 4.49. The summed E-state index contributed by atoms with van der Waals surface area (Å²) < 4.78 is 11.8. The quantitative estimate of drug-likeness (QED) is 0.530. The van der Waals surface area contributed by atoms with E-state index < -0.39 is 0 Å². The highest BCUT2D eigenvalue weighted by Gasteiger charge is 2.38. The molecule has 0 radical (unpaired) electrons. The molecule has 0 amide bonds.